The Labute approximate surface area is 583 Å². The summed E-state index contributed by atoms with van der Waals surface area (Å²) < 4.78 is 13.6. The lowest BCUT2D eigenvalue weighted by Crippen LogP contribution is -2.29. The molecule has 3 unspecified atom stereocenters. The van der Waals surface area contributed by atoms with E-state index in [4.69, 9.17) is 23.2 Å². The molecule has 1 aromatic heterocycles. The van der Waals surface area contributed by atoms with E-state index < -0.39 is 0 Å². The molecule has 1 aliphatic rings. The first kappa shape index (κ1) is 73.8. The second kappa shape index (κ2) is 37.5. The fourth-order valence-electron chi connectivity index (χ4n) is 12.9. The van der Waals surface area contributed by atoms with Gasteiger partial charge in [-0.25, -0.2) is 4.39 Å². The SMILES string of the molecule is OCCN(CCO)c1ccc(C(c2ccc(Cl)cc2)c2ccc3c(c2)CC(O)CC3)cc1.OCCN(CCO)c1ccc(C(c2ccc(Cl)cc2)c2ccc3ncc(O)cc3c2)cc1.OCCN(CCO)c1ccc(C(c2ccc(F)cc2)c2ccc(N(CCO)CCO)cc2)cc1. The van der Waals surface area contributed by atoms with Crippen LogP contribution < -0.4 is 19.6 Å². The molecule has 3 atom stereocenters. The quantitative estimate of drug-likeness (QED) is 0.0197. The van der Waals surface area contributed by atoms with Crippen molar-refractivity contribution in [1.82, 2.24) is 4.98 Å². The van der Waals surface area contributed by atoms with Crippen molar-refractivity contribution in [2.45, 2.75) is 43.1 Å². The Hall–Kier alpha value is -8.46. The highest BCUT2D eigenvalue weighted by atomic mass is 35.5. The predicted octanol–water partition coefficient (Wildman–Crippen LogP) is 11.3. The minimum absolute atomic E-state index is 0.00408. The highest BCUT2D eigenvalue weighted by molar-refractivity contribution is 6.30. The van der Waals surface area contributed by atoms with Crippen molar-refractivity contribution in [3.8, 4) is 5.75 Å². The molecule has 0 saturated carbocycles. The van der Waals surface area contributed by atoms with Crippen molar-refractivity contribution in [3.63, 3.8) is 0 Å². The Bertz CT molecular complexity index is 3930. The van der Waals surface area contributed by atoms with Gasteiger partial charge in [0.1, 0.15) is 11.6 Å². The molecule has 1 heterocycles. The van der Waals surface area contributed by atoms with Gasteiger partial charge in [-0.3, -0.25) is 4.98 Å². The lowest BCUT2D eigenvalue weighted by atomic mass is 9.81. The maximum Gasteiger partial charge on any atom is 0.134 e. The van der Waals surface area contributed by atoms with Crippen LogP contribution in [0, 0.1) is 5.82 Å². The number of rotatable bonds is 29. The van der Waals surface area contributed by atoms with Gasteiger partial charge in [-0.2, -0.15) is 0 Å². The van der Waals surface area contributed by atoms with Crippen LogP contribution in [0.4, 0.5) is 27.1 Å². The monoisotopic (exact) mass is 1370 g/mol. The van der Waals surface area contributed by atoms with Crippen LogP contribution in [0.1, 0.15) is 85.4 Å². The number of hydrogen-bond acceptors (Lipinski definition) is 15. The number of aliphatic hydroxyl groups is 9. The summed E-state index contributed by atoms with van der Waals surface area (Å²) in [6, 6.07) is 69.2. The maximum absolute atomic E-state index is 13.6. The second-order valence-corrected chi connectivity index (χ2v) is 25.0. The standard InChI is InChI=1S/C27H30ClNO3.C27H33FN2O4.C26H25ClN2O3/c28-24-8-3-20(4-9-24)27(22-2-1-19-7-12-26(32)18-23(19)17-22)21-5-10-25(11-6-21)29(13-15-30)14-16-31;28-24-7-1-21(2-8-24)27(22-3-9-25(10-4-22)29(13-17-31)14-18-32)23-5-11-26(12-6-23)30(15-19-33)16-20-34;27-22-6-1-18(2-7-22)26(20-5-10-25-21(15-20)16-24(32)17-28-25)19-3-8-23(9-4-19)29(11-13-30)12-14-31/h1-6,8-11,17,26-27,30-32H,7,12-16,18H2;1-12,27,31-34H,13-20H2;1-10,15-17,26,30-32H,11-14H2. The van der Waals surface area contributed by atoms with E-state index in [2.05, 4.69) is 71.7 Å². The summed E-state index contributed by atoms with van der Waals surface area (Å²) in [4.78, 5) is 12.1. The molecule has 10 N–H and O–H groups in total. The predicted molar refractivity (Wildman–Crippen MR) is 391 cm³/mol. The first-order valence-electron chi connectivity index (χ1n) is 33.2. The highest BCUT2D eigenvalue weighted by Gasteiger charge is 2.24. The molecule has 0 bridgehead atoms. The average Bonchev–Trinajstić information content (AvgIpc) is 0.827. The fraction of sp³-hybridized carbons (Fsp3) is 0.287. The van der Waals surface area contributed by atoms with Crippen LogP contribution in [0.5, 0.6) is 5.75 Å². The minimum atomic E-state index is -0.291. The van der Waals surface area contributed by atoms with Gasteiger partial charge in [0.05, 0.1) is 70.7 Å². The van der Waals surface area contributed by atoms with E-state index in [9.17, 15) is 55.5 Å². The Kier molecular flexibility index (Phi) is 28.2. The number of nitrogens with zero attached hydrogens (tertiary/aromatic N) is 5. The van der Waals surface area contributed by atoms with E-state index in [-0.39, 0.29) is 88.3 Å². The molecule has 0 fully saturated rings. The summed E-state index contributed by atoms with van der Waals surface area (Å²) in [5.41, 5.74) is 16.9. The lowest BCUT2D eigenvalue weighted by molar-refractivity contribution is 0.158. The topological polar surface area (TPSA) is 228 Å². The Morgan fingerprint density at radius 3 is 1.01 bits per heavy atom. The van der Waals surface area contributed by atoms with E-state index in [1.807, 2.05) is 135 Å². The molecule has 9 aromatic carbocycles. The highest BCUT2D eigenvalue weighted by Crippen LogP contribution is 2.39. The summed E-state index contributed by atoms with van der Waals surface area (Å²) in [6.07, 6.45) is 3.62. The summed E-state index contributed by atoms with van der Waals surface area (Å²) in [5, 5.41) is 97.0. The van der Waals surface area contributed by atoms with Gasteiger partial charge in [-0.15, -0.1) is 0 Å². The largest absolute Gasteiger partial charge is 0.506 e. The average molecular weight is 1370 g/mol. The third-order valence-corrected chi connectivity index (χ3v) is 18.2. The normalized spacial score (nSPS) is 13.2. The third kappa shape index (κ3) is 19.9. The zero-order chi connectivity index (χ0) is 69.3. The van der Waals surface area contributed by atoms with E-state index in [1.54, 1.807) is 18.2 Å². The summed E-state index contributed by atoms with van der Waals surface area (Å²) in [7, 11) is 0. The summed E-state index contributed by atoms with van der Waals surface area (Å²) in [5.74, 6) is -0.292. The molecule has 0 radical (unpaired) electrons. The minimum Gasteiger partial charge on any atom is -0.506 e. The molecular weight excluding hydrogens is 1280 g/mol. The molecule has 514 valence electrons. The number of hydrogen-bond donors (Lipinski definition) is 10. The van der Waals surface area contributed by atoms with Crippen molar-refractivity contribution in [2.75, 3.05) is 125 Å². The van der Waals surface area contributed by atoms with Crippen molar-refractivity contribution in [3.05, 3.63) is 296 Å². The number of aromatic hydroxyl groups is 1. The molecule has 0 aliphatic heterocycles. The smallest absolute Gasteiger partial charge is 0.134 e. The Balaban J connectivity index is 0.000000172. The molecular formula is C80H88Cl2FN5O10. The molecule has 10 aromatic rings. The Morgan fingerprint density at radius 2 is 0.663 bits per heavy atom. The number of halogens is 3. The van der Waals surface area contributed by atoms with Crippen LogP contribution in [-0.4, -0.2) is 167 Å². The van der Waals surface area contributed by atoms with Crippen molar-refractivity contribution < 1.29 is 55.5 Å². The lowest BCUT2D eigenvalue weighted by Gasteiger charge is -2.26. The molecule has 11 rings (SSSR count). The zero-order valence-electron chi connectivity index (χ0n) is 54.9. The number of fused-ring (bicyclic) bond motifs is 2. The van der Waals surface area contributed by atoms with Crippen molar-refractivity contribution in [2.24, 2.45) is 0 Å². The number of aromatic nitrogens is 1. The number of benzene rings is 9. The molecule has 98 heavy (non-hydrogen) atoms. The van der Waals surface area contributed by atoms with E-state index in [0.717, 1.165) is 91.0 Å². The Morgan fingerprint density at radius 1 is 0.367 bits per heavy atom. The number of anilines is 4. The van der Waals surface area contributed by atoms with Gasteiger partial charge in [-0.1, -0.05) is 132 Å². The van der Waals surface area contributed by atoms with Gasteiger partial charge in [0.2, 0.25) is 0 Å². The first-order chi connectivity index (χ1) is 47.8. The molecule has 18 heteroatoms. The van der Waals surface area contributed by atoms with Crippen LogP contribution in [0.25, 0.3) is 10.9 Å². The molecule has 1 aliphatic carbocycles. The van der Waals surface area contributed by atoms with E-state index in [1.165, 1.54) is 35.0 Å². The first-order valence-corrected chi connectivity index (χ1v) is 34.0. The summed E-state index contributed by atoms with van der Waals surface area (Å²) >= 11 is 12.3. The molecule has 15 nitrogen and oxygen atoms in total. The molecule has 0 amide bonds. The van der Waals surface area contributed by atoms with Crippen LogP contribution in [-0.2, 0) is 12.8 Å². The van der Waals surface area contributed by atoms with Gasteiger partial charge in [0.15, 0.2) is 0 Å². The van der Waals surface area contributed by atoms with Gasteiger partial charge in [-0.05, 0) is 184 Å². The molecule has 0 saturated heterocycles. The maximum atomic E-state index is 13.6. The van der Waals surface area contributed by atoms with Gasteiger partial charge < -0.3 is 70.7 Å². The summed E-state index contributed by atoms with van der Waals surface area (Å²) in [6.45, 7) is 3.71. The van der Waals surface area contributed by atoms with Gasteiger partial charge in [0, 0.05) is 108 Å². The second-order valence-electron chi connectivity index (χ2n) is 24.1. The fourth-order valence-corrected chi connectivity index (χ4v) is 13.2. The number of aliphatic hydroxyl groups excluding tert-OH is 9. The number of pyridine rings is 1. The van der Waals surface area contributed by atoms with Crippen LogP contribution >= 0.6 is 23.2 Å². The van der Waals surface area contributed by atoms with Gasteiger partial charge >= 0.3 is 0 Å². The molecule has 0 spiro atoms. The van der Waals surface area contributed by atoms with Crippen molar-refractivity contribution in [1.29, 1.82) is 0 Å². The van der Waals surface area contributed by atoms with Crippen LogP contribution in [0.2, 0.25) is 10.0 Å². The van der Waals surface area contributed by atoms with Gasteiger partial charge in [0.25, 0.3) is 0 Å². The van der Waals surface area contributed by atoms with E-state index in [0.29, 0.717) is 68.8 Å². The third-order valence-electron chi connectivity index (χ3n) is 17.7. The number of aryl methyl sites for hydroxylation is 1. The van der Waals surface area contributed by atoms with Crippen molar-refractivity contribution >= 4 is 56.9 Å². The van der Waals surface area contributed by atoms with Crippen LogP contribution in [0.3, 0.4) is 0 Å². The van der Waals surface area contributed by atoms with Crippen LogP contribution in [0.15, 0.2) is 219 Å². The van der Waals surface area contributed by atoms with E-state index >= 15 is 0 Å². The zero-order valence-corrected chi connectivity index (χ0v) is 56.4.